The summed E-state index contributed by atoms with van der Waals surface area (Å²) in [5.74, 6) is 0.150. The summed E-state index contributed by atoms with van der Waals surface area (Å²) in [6.45, 7) is 0.754. The molecule has 3 aromatic rings. The Morgan fingerprint density at radius 1 is 1.00 bits per heavy atom. The number of hydrogen-bond acceptors (Lipinski definition) is 1. The highest BCUT2D eigenvalue weighted by atomic mass is 16.1. The lowest BCUT2D eigenvalue weighted by molar-refractivity contribution is -0.121. The summed E-state index contributed by atoms with van der Waals surface area (Å²) in [6.07, 6.45) is 8.17. The van der Waals surface area contributed by atoms with Crippen molar-refractivity contribution in [3.8, 4) is 0 Å². The molecule has 0 radical (unpaired) electrons. The number of rotatable bonds is 6. The average molecular weight is 346 g/mol. The van der Waals surface area contributed by atoms with E-state index in [1.807, 2.05) is 18.3 Å². The molecule has 4 rings (SSSR count). The van der Waals surface area contributed by atoms with Gasteiger partial charge in [-0.2, -0.15) is 0 Å². The van der Waals surface area contributed by atoms with E-state index >= 15 is 0 Å². The first-order valence-electron chi connectivity index (χ1n) is 9.64. The van der Waals surface area contributed by atoms with Crippen molar-refractivity contribution >= 4 is 16.8 Å². The van der Waals surface area contributed by atoms with Crippen LogP contribution in [0.25, 0.3) is 10.9 Å². The Morgan fingerprint density at radius 2 is 1.73 bits per heavy atom. The first-order chi connectivity index (χ1) is 12.8. The number of para-hydroxylation sites is 1. The van der Waals surface area contributed by atoms with Crippen molar-refractivity contribution in [1.82, 2.24) is 10.3 Å². The molecule has 0 aliphatic heterocycles. The minimum Gasteiger partial charge on any atom is -0.361 e. The summed E-state index contributed by atoms with van der Waals surface area (Å²) in [5, 5.41) is 4.44. The highest BCUT2D eigenvalue weighted by Gasteiger charge is 2.35. The van der Waals surface area contributed by atoms with E-state index in [9.17, 15) is 4.79 Å². The third-order valence-electron chi connectivity index (χ3n) is 5.87. The Labute approximate surface area is 154 Å². The Hall–Kier alpha value is -2.55. The van der Waals surface area contributed by atoms with Gasteiger partial charge in [0.05, 0.1) is 0 Å². The lowest BCUT2D eigenvalue weighted by atomic mass is 9.79. The Morgan fingerprint density at radius 3 is 2.54 bits per heavy atom. The van der Waals surface area contributed by atoms with Crippen LogP contribution in [0.15, 0.2) is 60.8 Å². The molecule has 26 heavy (non-hydrogen) atoms. The van der Waals surface area contributed by atoms with Gasteiger partial charge in [0, 0.05) is 35.5 Å². The summed E-state index contributed by atoms with van der Waals surface area (Å²) < 4.78 is 0. The molecule has 1 saturated carbocycles. The molecule has 3 heteroatoms. The zero-order valence-electron chi connectivity index (χ0n) is 15.1. The molecule has 1 amide bonds. The van der Waals surface area contributed by atoms with Gasteiger partial charge in [0.1, 0.15) is 0 Å². The lowest BCUT2D eigenvalue weighted by Gasteiger charge is -2.30. The van der Waals surface area contributed by atoms with Gasteiger partial charge in [0.25, 0.3) is 0 Å². The zero-order chi connectivity index (χ0) is 17.8. The molecule has 3 nitrogen and oxygen atoms in total. The van der Waals surface area contributed by atoms with Crippen molar-refractivity contribution in [2.45, 2.75) is 43.9 Å². The SMILES string of the molecule is O=C(CCc1c[nH]c2ccccc12)NCC1(c2ccccc2)CCCC1. The van der Waals surface area contributed by atoms with E-state index in [1.54, 1.807) is 0 Å². The van der Waals surface area contributed by atoms with Gasteiger partial charge in [-0.1, -0.05) is 61.4 Å². The number of hydrogen-bond donors (Lipinski definition) is 2. The molecule has 2 aromatic carbocycles. The van der Waals surface area contributed by atoms with Crippen LogP contribution in [0.2, 0.25) is 0 Å². The molecule has 1 aromatic heterocycles. The Balaban J connectivity index is 1.37. The van der Waals surface area contributed by atoms with Crippen LogP contribution in [0, 0.1) is 0 Å². The summed E-state index contributed by atoms with van der Waals surface area (Å²) in [5.41, 5.74) is 3.85. The fourth-order valence-electron chi connectivity index (χ4n) is 4.35. The number of aromatic nitrogens is 1. The minimum atomic E-state index is 0.123. The number of aryl methyl sites for hydroxylation is 1. The topological polar surface area (TPSA) is 44.9 Å². The predicted octanol–water partition coefficient (Wildman–Crippen LogP) is 4.73. The van der Waals surface area contributed by atoms with Crippen LogP contribution < -0.4 is 5.32 Å². The third kappa shape index (κ3) is 3.39. The number of carbonyl (C=O) groups is 1. The Kier molecular flexibility index (Phi) is 4.79. The highest BCUT2D eigenvalue weighted by Crippen LogP contribution is 2.40. The van der Waals surface area contributed by atoms with Gasteiger partial charge in [0.2, 0.25) is 5.91 Å². The second-order valence-electron chi connectivity index (χ2n) is 7.49. The van der Waals surface area contributed by atoms with Gasteiger partial charge in [-0.15, -0.1) is 0 Å². The molecule has 1 fully saturated rings. The van der Waals surface area contributed by atoms with E-state index in [-0.39, 0.29) is 11.3 Å². The quantitative estimate of drug-likeness (QED) is 0.666. The van der Waals surface area contributed by atoms with Gasteiger partial charge < -0.3 is 10.3 Å². The second-order valence-corrected chi connectivity index (χ2v) is 7.49. The molecule has 0 spiro atoms. The van der Waals surface area contributed by atoms with Crippen LogP contribution in [0.4, 0.5) is 0 Å². The summed E-state index contributed by atoms with van der Waals surface area (Å²) in [7, 11) is 0. The summed E-state index contributed by atoms with van der Waals surface area (Å²) in [6, 6.07) is 19.0. The molecule has 0 bridgehead atoms. The molecule has 0 unspecified atom stereocenters. The van der Waals surface area contributed by atoms with Crippen molar-refractivity contribution in [2.75, 3.05) is 6.54 Å². The first-order valence-corrected chi connectivity index (χ1v) is 9.64. The van der Waals surface area contributed by atoms with Crippen molar-refractivity contribution < 1.29 is 4.79 Å². The van der Waals surface area contributed by atoms with E-state index in [4.69, 9.17) is 0 Å². The number of amides is 1. The van der Waals surface area contributed by atoms with Crippen LogP contribution in [0.3, 0.4) is 0 Å². The Bertz CT molecular complexity index is 875. The van der Waals surface area contributed by atoms with Gasteiger partial charge >= 0.3 is 0 Å². The largest absolute Gasteiger partial charge is 0.361 e. The number of aromatic amines is 1. The lowest BCUT2D eigenvalue weighted by Crippen LogP contribution is -2.39. The van der Waals surface area contributed by atoms with Gasteiger partial charge in [0.15, 0.2) is 0 Å². The minimum absolute atomic E-state index is 0.123. The fraction of sp³-hybridized carbons (Fsp3) is 0.348. The summed E-state index contributed by atoms with van der Waals surface area (Å²) in [4.78, 5) is 15.8. The molecule has 2 N–H and O–H groups in total. The van der Waals surface area contributed by atoms with E-state index < -0.39 is 0 Å². The summed E-state index contributed by atoms with van der Waals surface area (Å²) >= 11 is 0. The zero-order valence-corrected chi connectivity index (χ0v) is 15.1. The number of fused-ring (bicyclic) bond motifs is 1. The monoisotopic (exact) mass is 346 g/mol. The number of nitrogens with one attached hydrogen (secondary N) is 2. The van der Waals surface area contributed by atoms with E-state index in [1.165, 1.54) is 42.2 Å². The van der Waals surface area contributed by atoms with Crippen LogP contribution >= 0.6 is 0 Å². The van der Waals surface area contributed by atoms with E-state index in [2.05, 4.69) is 52.8 Å². The maximum Gasteiger partial charge on any atom is 0.220 e. The second kappa shape index (κ2) is 7.36. The number of H-pyrrole nitrogens is 1. The van der Waals surface area contributed by atoms with Gasteiger partial charge in [-0.05, 0) is 36.5 Å². The molecule has 0 saturated heterocycles. The maximum atomic E-state index is 12.5. The average Bonchev–Trinajstić information content (AvgIpc) is 3.33. The smallest absolute Gasteiger partial charge is 0.220 e. The van der Waals surface area contributed by atoms with Crippen molar-refractivity contribution in [2.24, 2.45) is 0 Å². The number of benzene rings is 2. The standard InChI is InChI=1S/C23H26N2O/c26-22(13-12-18-16-24-21-11-5-4-10-20(18)21)25-17-23(14-6-7-15-23)19-8-2-1-3-9-19/h1-5,8-11,16,24H,6-7,12-15,17H2,(H,25,26). The molecule has 1 aliphatic carbocycles. The van der Waals surface area contributed by atoms with Crippen molar-refractivity contribution in [1.29, 1.82) is 0 Å². The normalized spacial score (nSPS) is 16.0. The van der Waals surface area contributed by atoms with Crippen molar-refractivity contribution in [3.63, 3.8) is 0 Å². The van der Waals surface area contributed by atoms with E-state index in [0.717, 1.165) is 18.5 Å². The third-order valence-corrected chi connectivity index (χ3v) is 5.87. The fourth-order valence-corrected chi connectivity index (χ4v) is 4.35. The van der Waals surface area contributed by atoms with Gasteiger partial charge in [-0.3, -0.25) is 4.79 Å². The maximum absolute atomic E-state index is 12.5. The number of carbonyl (C=O) groups excluding carboxylic acids is 1. The molecule has 1 aliphatic rings. The van der Waals surface area contributed by atoms with Crippen LogP contribution in [0.1, 0.15) is 43.2 Å². The van der Waals surface area contributed by atoms with Gasteiger partial charge in [-0.25, -0.2) is 0 Å². The highest BCUT2D eigenvalue weighted by molar-refractivity contribution is 5.84. The molecule has 1 heterocycles. The molecular formula is C23H26N2O. The van der Waals surface area contributed by atoms with Crippen LogP contribution in [-0.4, -0.2) is 17.4 Å². The molecule has 0 atom stereocenters. The first kappa shape index (κ1) is 16.9. The van der Waals surface area contributed by atoms with Crippen LogP contribution in [0.5, 0.6) is 0 Å². The van der Waals surface area contributed by atoms with E-state index in [0.29, 0.717) is 6.42 Å². The van der Waals surface area contributed by atoms with Crippen LogP contribution in [-0.2, 0) is 16.6 Å². The predicted molar refractivity (Wildman–Crippen MR) is 106 cm³/mol. The molecule has 134 valence electrons. The van der Waals surface area contributed by atoms with Crippen molar-refractivity contribution in [3.05, 3.63) is 71.9 Å². The molecular weight excluding hydrogens is 320 g/mol.